The second kappa shape index (κ2) is 9.57. The Morgan fingerprint density at radius 3 is 2.31 bits per heavy atom. The molecule has 0 aliphatic rings. The molecule has 0 saturated carbocycles. The second-order valence-corrected chi connectivity index (χ2v) is 13.8. The molecule has 2 aromatic carbocycles. The van der Waals surface area contributed by atoms with Crippen molar-refractivity contribution in [3.05, 3.63) is 53.8 Å². The quantitative estimate of drug-likeness (QED) is 0.394. The molecule has 0 saturated heterocycles. The van der Waals surface area contributed by atoms with Crippen molar-refractivity contribution < 1.29 is 31.7 Å². The molecule has 0 fully saturated rings. The zero-order valence-corrected chi connectivity index (χ0v) is 18.7. The Morgan fingerprint density at radius 1 is 1.15 bits per heavy atom. The summed E-state index contributed by atoms with van der Waals surface area (Å²) in [4.78, 5) is 0. The Bertz CT molecular complexity index is 837. The van der Waals surface area contributed by atoms with Crippen LogP contribution in [0.4, 0.5) is 4.39 Å². The topological polar surface area (TPSA) is 35.5 Å². The van der Waals surface area contributed by atoms with Crippen LogP contribution in [0.15, 0.2) is 42.5 Å². The fraction of sp³-hybridized carbons (Fsp3) is 0.278. The van der Waals surface area contributed by atoms with E-state index < -0.39 is 26.7 Å². The van der Waals surface area contributed by atoms with E-state index in [1.54, 1.807) is 29.7 Å². The van der Waals surface area contributed by atoms with Gasteiger partial charge < -0.3 is 0 Å². The van der Waals surface area contributed by atoms with Crippen molar-refractivity contribution in [3.8, 4) is 5.75 Å². The maximum atomic E-state index is 13.6. The van der Waals surface area contributed by atoms with Crippen LogP contribution in [-0.4, -0.2) is 17.3 Å². The molecule has 2 rings (SSSR count). The Morgan fingerprint density at radius 2 is 1.77 bits per heavy atom. The molecular formula is C18H20Cl2FO3PRu. The average Bonchev–Trinajstić information content (AvgIpc) is 2.56. The minimum atomic E-state index is -3.38. The third-order valence-electron chi connectivity index (χ3n) is 3.36. The average molecular weight is 506 g/mol. The molecule has 0 aliphatic carbocycles. The summed E-state index contributed by atoms with van der Waals surface area (Å²) in [5.41, 5.74) is 0.682. The maximum absolute atomic E-state index is 13.6. The van der Waals surface area contributed by atoms with Crippen molar-refractivity contribution in [2.45, 2.75) is 26.9 Å². The van der Waals surface area contributed by atoms with Gasteiger partial charge in [0.15, 0.2) is 0 Å². The fourth-order valence-corrected chi connectivity index (χ4v) is 6.23. The van der Waals surface area contributed by atoms with Gasteiger partial charge in [0.05, 0.1) is 0 Å². The summed E-state index contributed by atoms with van der Waals surface area (Å²) in [7, 11) is 8.70. The van der Waals surface area contributed by atoms with Gasteiger partial charge in [-0.2, -0.15) is 0 Å². The third kappa shape index (κ3) is 5.47. The molecule has 2 aromatic rings. The van der Waals surface area contributed by atoms with Crippen molar-refractivity contribution in [2.24, 2.45) is 0 Å². The molecule has 0 N–H and O–H groups in total. The Hall–Kier alpha value is -0.567. The van der Waals surface area contributed by atoms with Gasteiger partial charge in [-0.05, 0) is 0 Å². The van der Waals surface area contributed by atoms with Crippen molar-refractivity contribution in [2.75, 3.05) is 6.61 Å². The molecule has 0 heterocycles. The molecule has 1 atom stereocenters. The molecule has 8 heteroatoms. The Labute approximate surface area is 166 Å². The number of rotatable bonds is 7. The molecule has 26 heavy (non-hydrogen) atoms. The predicted octanol–water partition coefficient (Wildman–Crippen LogP) is 4.95. The summed E-state index contributed by atoms with van der Waals surface area (Å²) in [5.74, 6) is 0.218. The number of hydrogen-bond donors (Lipinski definition) is 0. The van der Waals surface area contributed by atoms with Crippen LogP contribution in [0.5, 0.6) is 5.75 Å². The summed E-state index contributed by atoms with van der Waals surface area (Å²) < 4.78 is 40.1. The first-order valence-electron chi connectivity index (χ1n) is 7.91. The van der Waals surface area contributed by atoms with E-state index in [1.165, 1.54) is 24.3 Å². The SMILES string of the molecule is CCOP(=O)(c1ccc(F)cc1)c1ccc(OC(C)C)c([CH]=[Ru]([Cl])[Cl])c1. The standard InChI is InChI=1S/C18H20FO3P.2ClH.Ru/c1-5-21-23(20,16-8-6-15(19)7-9-16)17-10-11-18(14(4)12-17)22-13(2)3;;;/h4,6-13H,5H2,1-3H3;2*1H;/q;;;+2/p-2. The van der Waals surface area contributed by atoms with E-state index in [9.17, 15) is 8.96 Å². The van der Waals surface area contributed by atoms with Crippen LogP contribution in [0.2, 0.25) is 0 Å². The van der Waals surface area contributed by atoms with Gasteiger partial charge in [-0.25, -0.2) is 0 Å². The number of halogens is 3. The molecule has 0 aromatic heterocycles. The molecule has 0 radical (unpaired) electrons. The molecule has 144 valence electrons. The third-order valence-corrected chi connectivity index (χ3v) is 7.75. The van der Waals surface area contributed by atoms with Gasteiger partial charge in [0.2, 0.25) is 0 Å². The van der Waals surface area contributed by atoms with Crippen LogP contribution < -0.4 is 15.3 Å². The van der Waals surface area contributed by atoms with Crippen LogP contribution in [-0.2, 0) is 22.6 Å². The molecule has 0 aliphatic heterocycles. The molecule has 0 bridgehead atoms. The van der Waals surface area contributed by atoms with E-state index >= 15 is 0 Å². The molecule has 3 nitrogen and oxygen atoms in total. The monoisotopic (exact) mass is 506 g/mol. The summed E-state index contributed by atoms with van der Waals surface area (Å²) in [6.45, 7) is 5.84. The Kier molecular flexibility index (Phi) is 8.00. The van der Waals surface area contributed by atoms with E-state index in [-0.39, 0.29) is 12.7 Å². The fourth-order valence-electron chi connectivity index (χ4n) is 2.36. The van der Waals surface area contributed by atoms with Crippen LogP contribution in [0.25, 0.3) is 0 Å². The van der Waals surface area contributed by atoms with Crippen molar-refractivity contribution in [1.29, 1.82) is 0 Å². The van der Waals surface area contributed by atoms with E-state index in [4.69, 9.17) is 28.6 Å². The summed E-state index contributed by atoms with van der Waals surface area (Å²) in [6, 6.07) is 10.7. The first-order chi connectivity index (χ1) is 12.3. The van der Waals surface area contributed by atoms with Gasteiger partial charge in [0.25, 0.3) is 0 Å². The van der Waals surface area contributed by atoms with E-state index in [0.29, 0.717) is 21.9 Å². The first kappa shape index (κ1) is 21.7. The van der Waals surface area contributed by atoms with Crippen molar-refractivity contribution in [1.82, 2.24) is 0 Å². The number of ether oxygens (including phenoxy) is 1. The van der Waals surface area contributed by atoms with Gasteiger partial charge in [-0.3, -0.25) is 0 Å². The van der Waals surface area contributed by atoms with Gasteiger partial charge >= 0.3 is 167 Å². The van der Waals surface area contributed by atoms with Crippen LogP contribution in [0, 0.1) is 5.82 Å². The van der Waals surface area contributed by atoms with Crippen molar-refractivity contribution in [3.63, 3.8) is 0 Å². The molecule has 0 amide bonds. The van der Waals surface area contributed by atoms with Crippen LogP contribution in [0.1, 0.15) is 26.3 Å². The zero-order valence-electron chi connectivity index (χ0n) is 14.6. The van der Waals surface area contributed by atoms with Crippen molar-refractivity contribution >= 4 is 42.0 Å². The van der Waals surface area contributed by atoms with Gasteiger partial charge in [-0.15, -0.1) is 0 Å². The summed E-state index contributed by atoms with van der Waals surface area (Å²) in [5, 5.41) is 0.909. The first-order valence-corrected chi connectivity index (χ1v) is 15.0. The van der Waals surface area contributed by atoms with Crippen LogP contribution >= 0.6 is 26.8 Å². The van der Waals surface area contributed by atoms with Crippen LogP contribution in [0.3, 0.4) is 0 Å². The minimum absolute atomic E-state index is 0.0323. The predicted molar refractivity (Wildman–Crippen MR) is 104 cm³/mol. The normalized spacial score (nSPS) is 14.0. The summed E-state index contributed by atoms with van der Waals surface area (Å²) in [6.07, 6.45) is -0.0323. The van der Waals surface area contributed by atoms with Gasteiger partial charge in [0.1, 0.15) is 0 Å². The van der Waals surface area contributed by atoms with Gasteiger partial charge in [0, 0.05) is 0 Å². The summed E-state index contributed by atoms with van der Waals surface area (Å²) >= 11 is -2.13. The molecule has 1 unspecified atom stereocenters. The van der Waals surface area contributed by atoms with E-state index in [0.717, 1.165) is 0 Å². The van der Waals surface area contributed by atoms with Gasteiger partial charge in [-0.1, -0.05) is 0 Å². The zero-order chi connectivity index (χ0) is 19.3. The Balaban J connectivity index is 2.60. The van der Waals surface area contributed by atoms with E-state index in [1.807, 2.05) is 13.8 Å². The van der Waals surface area contributed by atoms with E-state index in [2.05, 4.69) is 0 Å². The molecular weight excluding hydrogens is 486 g/mol. The number of benzene rings is 2. The second-order valence-electron chi connectivity index (χ2n) is 5.64. The molecule has 0 spiro atoms. The number of hydrogen-bond acceptors (Lipinski definition) is 3.